The Morgan fingerprint density at radius 2 is 1.85 bits per heavy atom. The highest BCUT2D eigenvalue weighted by molar-refractivity contribution is 5.79. The molecule has 1 atom stereocenters. The Kier molecular flexibility index (Phi) is 4.51. The van der Waals surface area contributed by atoms with Crippen LogP contribution in [0.5, 0.6) is 5.75 Å². The average Bonchev–Trinajstić information content (AvgIpc) is 3.07. The molecule has 7 heteroatoms. The van der Waals surface area contributed by atoms with Crippen LogP contribution in [0.4, 0.5) is 13.6 Å². The van der Waals surface area contributed by atoms with Crippen molar-refractivity contribution in [2.75, 3.05) is 13.1 Å². The average molecular weight is 371 g/mol. The molecule has 2 aromatic rings. The summed E-state index contributed by atoms with van der Waals surface area (Å²) in [5.41, 5.74) is 1.44. The van der Waals surface area contributed by atoms with E-state index in [0.717, 1.165) is 17.4 Å². The fourth-order valence-corrected chi connectivity index (χ4v) is 3.32. The molecule has 2 heterocycles. The number of halogens is 2. The van der Waals surface area contributed by atoms with E-state index in [4.69, 9.17) is 4.74 Å². The van der Waals surface area contributed by atoms with Gasteiger partial charge in [-0.2, -0.15) is 5.10 Å². The van der Waals surface area contributed by atoms with Crippen molar-refractivity contribution in [3.05, 3.63) is 65.2 Å². The second-order valence-electron chi connectivity index (χ2n) is 6.79. The first-order valence-electron chi connectivity index (χ1n) is 8.80. The Hall–Kier alpha value is -2.96. The van der Waals surface area contributed by atoms with Crippen LogP contribution in [-0.2, 0) is 0 Å². The van der Waals surface area contributed by atoms with Gasteiger partial charge < -0.3 is 9.64 Å². The molecule has 0 N–H and O–H groups in total. The molecule has 2 aromatic carbocycles. The fraction of sp³-hybridized carbons (Fsp3) is 0.300. The van der Waals surface area contributed by atoms with Crippen LogP contribution >= 0.6 is 0 Å². The molecule has 0 aromatic heterocycles. The summed E-state index contributed by atoms with van der Waals surface area (Å²) in [6, 6.07) is 10.2. The largest absolute Gasteiger partial charge is 0.486 e. The summed E-state index contributed by atoms with van der Waals surface area (Å²) in [6.45, 7) is 2.87. The smallest absolute Gasteiger partial charge is 0.341 e. The molecular formula is C20H19F2N3O2. The fourth-order valence-electron chi connectivity index (χ4n) is 3.32. The third kappa shape index (κ3) is 3.49. The van der Waals surface area contributed by atoms with Crippen LogP contribution in [0.3, 0.4) is 0 Å². The van der Waals surface area contributed by atoms with Gasteiger partial charge in [0.1, 0.15) is 23.5 Å². The number of hydrogen-bond donors (Lipinski definition) is 0. The van der Waals surface area contributed by atoms with Gasteiger partial charge in [0.25, 0.3) is 0 Å². The number of hydrogen-bond acceptors (Lipinski definition) is 3. The van der Waals surface area contributed by atoms with E-state index in [1.807, 2.05) is 31.2 Å². The molecule has 1 unspecified atom stereocenters. The van der Waals surface area contributed by atoms with Crippen LogP contribution in [0.1, 0.15) is 23.6 Å². The molecule has 0 bridgehead atoms. The molecule has 4 rings (SSSR count). The minimum absolute atomic E-state index is 0.0771. The molecule has 0 saturated carbocycles. The summed E-state index contributed by atoms with van der Waals surface area (Å²) >= 11 is 0. The van der Waals surface area contributed by atoms with Crippen molar-refractivity contribution in [1.29, 1.82) is 0 Å². The zero-order valence-corrected chi connectivity index (χ0v) is 14.8. The molecule has 27 heavy (non-hydrogen) atoms. The molecule has 1 saturated heterocycles. The maximum Gasteiger partial charge on any atom is 0.341 e. The highest BCUT2D eigenvalue weighted by Crippen LogP contribution is 2.31. The number of likely N-dealkylation sites (tertiary alicyclic amines) is 1. The summed E-state index contributed by atoms with van der Waals surface area (Å²) in [5.74, 6) is -0.526. The van der Waals surface area contributed by atoms with Crippen molar-refractivity contribution in [3.8, 4) is 5.75 Å². The maximum atomic E-state index is 13.5. The van der Waals surface area contributed by atoms with Crippen molar-refractivity contribution in [1.82, 2.24) is 9.91 Å². The number of carbonyl (C=O) groups excluding carboxylic acids is 1. The first-order valence-corrected chi connectivity index (χ1v) is 8.80. The van der Waals surface area contributed by atoms with E-state index >= 15 is 0 Å². The Morgan fingerprint density at radius 3 is 2.56 bits per heavy atom. The predicted octanol–water partition coefficient (Wildman–Crippen LogP) is 3.89. The summed E-state index contributed by atoms with van der Waals surface area (Å²) < 4.78 is 33.0. The Bertz CT molecular complexity index is 876. The van der Waals surface area contributed by atoms with E-state index in [1.165, 1.54) is 17.1 Å². The lowest BCUT2D eigenvalue weighted by molar-refractivity contribution is 0.0273. The van der Waals surface area contributed by atoms with Gasteiger partial charge in [-0.05, 0) is 36.2 Å². The molecular weight excluding hydrogens is 352 g/mol. The number of amides is 2. The molecule has 2 amide bonds. The minimum atomic E-state index is -0.667. The molecule has 0 radical (unpaired) electrons. The standard InChI is InChI=1S/C20H19F2N3O2/c1-13-4-2-3-5-19(13)27-17-11-24(12-17)20(26)25-18(6-7-23-25)14-8-15(21)10-16(22)9-14/h2-5,7-10,17-18H,6,11-12H2,1H3. The van der Waals surface area contributed by atoms with Crippen LogP contribution in [0.25, 0.3) is 0 Å². The van der Waals surface area contributed by atoms with E-state index in [0.29, 0.717) is 25.1 Å². The van der Waals surface area contributed by atoms with Gasteiger partial charge in [-0.15, -0.1) is 0 Å². The van der Waals surface area contributed by atoms with Crippen LogP contribution < -0.4 is 4.74 Å². The monoisotopic (exact) mass is 371 g/mol. The SMILES string of the molecule is Cc1ccccc1OC1CN(C(=O)N2N=CCC2c2cc(F)cc(F)c2)C1. The number of ether oxygens (including phenoxy) is 1. The molecule has 1 fully saturated rings. The van der Waals surface area contributed by atoms with E-state index in [2.05, 4.69) is 5.10 Å². The molecule has 2 aliphatic rings. The van der Waals surface area contributed by atoms with Crippen LogP contribution in [-0.4, -0.2) is 41.3 Å². The molecule has 0 aliphatic carbocycles. The summed E-state index contributed by atoms with van der Waals surface area (Å²) in [5, 5.41) is 5.40. The first-order chi connectivity index (χ1) is 13.0. The van der Waals surface area contributed by atoms with Gasteiger partial charge in [0.05, 0.1) is 19.1 Å². The lowest BCUT2D eigenvalue weighted by Crippen LogP contribution is -2.58. The highest BCUT2D eigenvalue weighted by atomic mass is 19.1. The summed E-state index contributed by atoms with van der Waals surface area (Å²) in [6.07, 6.45) is 1.93. The Labute approximate surface area is 155 Å². The Balaban J connectivity index is 1.40. The lowest BCUT2D eigenvalue weighted by atomic mass is 10.0. The second-order valence-corrected chi connectivity index (χ2v) is 6.79. The number of nitrogens with zero attached hydrogens (tertiary/aromatic N) is 3. The maximum absolute atomic E-state index is 13.5. The summed E-state index contributed by atoms with van der Waals surface area (Å²) in [7, 11) is 0. The number of urea groups is 1. The summed E-state index contributed by atoms with van der Waals surface area (Å²) in [4.78, 5) is 14.4. The van der Waals surface area contributed by atoms with Crippen LogP contribution in [0.2, 0.25) is 0 Å². The van der Waals surface area contributed by atoms with Crippen molar-refractivity contribution < 1.29 is 18.3 Å². The minimum Gasteiger partial charge on any atom is -0.486 e. The number of para-hydroxylation sites is 1. The number of carbonyl (C=O) groups is 1. The zero-order valence-electron chi connectivity index (χ0n) is 14.8. The van der Waals surface area contributed by atoms with Crippen molar-refractivity contribution in [2.24, 2.45) is 5.10 Å². The van der Waals surface area contributed by atoms with E-state index < -0.39 is 17.7 Å². The van der Waals surface area contributed by atoms with Crippen molar-refractivity contribution >= 4 is 12.2 Å². The van der Waals surface area contributed by atoms with Gasteiger partial charge >= 0.3 is 6.03 Å². The zero-order chi connectivity index (χ0) is 19.0. The van der Waals surface area contributed by atoms with Gasteiger partial charge in [-0.3, -0.25) is 0 Å². The van der Waals surface area contributed by atoms with Crippen LogP contribution in [0, 0.1) is 18.6 Å². The van der Waals surface area contributed by atoms with Gasteiger partial charge in [-0.1, -0.05) is 18.2 Å². The van der Waals surface area contributed by atoms with E-state index in [-0.39, 0.29) is 12.1 Å². The highest BCUT2D eigenvalue weighted by Gasteiger charge is 2.39. The van der Waals surface area contributed by atoms with Gasteiger partial charge in [0.15, 0.2) is 0 Å². The quantitative estimate of drug-likeness (QED) is 0.822. The third-order valence-electron chi connectivity index (χ3n) is 4.80. The van der Waals surface area contributed by atoms with Crippen molar-refractivity contribution in [3.63, 3.8) is 0 Å². The van der Waals surface area contributed by atoms with Gasteiger partial charge in [-0.25, -0.2) is 18.6 Å². The Morgan fingerprint density at radius 1 is 1.15 bits per heavy atom. The van der Waals surface area contributed by atoms with E-state index in [1.54, 1.807) is 11.1 Å². The first kappa shape index (κ1) is 17.5. The number of aryl methyl sites for hydroxylation is 1. The number of hydrazone groups is 1. The molecule has 140 valence electrons. The van der Waals surface area contributed by atoms with Gasteiger partial charge in [0, 0.05) is 18.7 Å². The van der Waals surface area contributed by atoms with Gasteiger partial charge in [0.2, 0.25) is 0 Å². The molecule has 0 spiro atoms. The second kappa shape index (κ2) is 6.98. The number of benzene rings is 2. The third-order valence-corrected chi connectivity index (χ3v) is 4.80. The van der Waals surface area contributed by atoms with Crippen molar-refractivity contribution in [2.45, 2.75) is 25.5 Å². The predicted molar refractivity (Wildman–Crippen MR) is 96.6 cm³/mol. The normalized spacial score (nSPS) is 19.3. The lowest BCUT2D eigenvalue weighted by Gasteiger charge is -2.41. The van der Waals surface area contributed by atoms with Crippen LogP contribution in [0.15, 0.2) is 47.6 Å². The topological polar surface area (TPSA) is 45.1 Å². The molecule has 5 nitrogen and oxygen atoms in total. The van der Waals surface area contributed by atoms with E-state index in [9.17, 15) is 13.6 Å². The number of rotatable bonds is 3. The molecule has 2 aliphatic heterocycles.